The van der Waals surface area contributed by atoms with Crippen molar-refractivity contribution >= 4 is 34.8 Å². The summed E-state index contributed by atoms with van der Waals surface area (Å²) in [4.78, 5) is 34.7. The number of nitro groups is 1. The number of hydrogen-bond donors (Lipinski definition) is 2. The van der Waals surface area contributed by atoms with Gasteiger partial charge < -0.3 is 10.6 Å². The van der Waals surface area contributed by atoms with E-state index in [0.29, 0.717) is 11.3 Å². The first-order valence-corrected chi connectivity index (χ1v) is 7.98. The molecule has 1 aliphatic carbocycles. The Morgan fingerprint density at radius 1 is 1.12 bits per heavy atom. The number of benzene rings is 2. The molecule has 0 heterocycles. The predicted molar refractivity (Wildman–Crippen MR) is 93.0 cm³/mol. The highest BCUT2D eigenvalue weighted by Crippen LogP contribution is 2.24. The molecule has 25 heavy (non-hydrogen) atoms. The Labute approximate surface area is 148 Å². The van der Waals surface area contributed by atoms with E-state index < -0.39 is 10.8 Å². The Bertz CT molecular complexity index is 865. The summed E-state index contributed by atoms with van der Waals surface area (Å²) in [6, 6.07) is 10.3. The highest BCUT2D eigenvalue weighted by molar-refractivity contribution is 6.34. The third-order valence-electron chi connectivity index (χ3n) is 3.70. The van der Waals surface area contributed by atoms with E-state index in [2.05, 4.69) is 10.6 Å². The minimum Gasteiger partial charge on any atom is -0.349 e. The number of nitro benzene ring substituents is 1. The second-order valence-corrected chi connectivity index (χ2v) is 6.11. The van der Waals surface area contributed by atoms with Gasteiger partial charge in [-0.25, -0.2) is 0 Å². The normalized spacial score (nSPS) is 13.2. The number of nitrogens with one attached hydrogen (secondary N) is 2. The highest BCUT2D eigenvalue weighted by Gasteiger charge is 2.24. The van der Waals surface area contributed by atoms with Crippen LogP contribution in [-0.4, -0.2) is 22.8 Å². The number of amides is 2. The molecular weight excluding hydrogens is 346 g/mol. The maximum atomic E-state index is 12.4. The standard InChI is InChI=1S/C17H14ClN3O4/c18-15-7-6-13(21(24)25)9-14(15)17(23)20-12-3-1-2-10(8-12)16(22)19-11-4-5-11/h1-3,6-9,11H,4-5H2,(H,19,22)(H,20,23). The molecular formula is C17H14ClN3O4. The van der Waals surface area contributed by atoms with Crippen molar-refractivity contribution in [1.29, 1.82) is 0 Å². The Hall–Kier alpha value is -2.93. The molecule has 0 atom stereocenters. The summed E-state index contributed by atoms with van der Waals surface area (Å²) >= 11 is 5.96. The summed E-state index contributed by atoms with van der Waals surface area (Å²) in [5.74, 6) is -0.791. The SMILES string of the molecule is O=C(NC1CC1)c1cccc(NC(=O)c2cc([N+](=O)[O-])ccc2Cl)c1. The zero-order valence-corrected chi connectivity index (χ0v) is 13.7. The number of carbonyl (C=O) groups excluding carboxylic acids is 2. The van der Waals surface area contributed by atoms with Gasteiger partial charge in [0.15, 0.2) is 0 Å². The van der Waals surface area contributed by atoms with E-state index in [4.69, 9.17) is 11.6 Å². The van der Waals surface area contributed by atoms with Crippen LogP contribution in [0.3, 0.4) is 0 Å². The number of anilines is 1. The van der Waals surface area contributed by atoms with Gasteiger partial charge in [-0.05, 0) is 37.1 Å². The maximum absolute atomic E-state index is 12.4. The highest BCUT2D eigenvalue weighted by atomic mass is 35.5. The first kappa shape index (κ1) is 16.9. The molecule has 0 aliphatic heterocycles. The van der Waals surface area contributed by atoms with Crippen LogP contribution < -0.4 is 10.6 Å². The molecule has 1 saturated carbocycles. The smallest absolute Gasteiger partial charge is 0.270 e. The van der Waals surface area contributed by atoms with Crippen molar-refractivity contribution < 1.29 is 14.5 Å². The molecule has 3 rings (SSSR count). The fourth-order valence-corrected chi connectivity index (χ4v) is 2.44. The molecule has 8 heteroatoms. The fraction of sp³-hybridized carbons (Fsp3) is 0.176. The van der Waals surface area contributed by atoms with Crippen LogP contribution in [0.4, 0.5) is 11.4 Å². The van der Waals surface area contributed by atoms with Gasteiger partial charge in [-0.3, -0.25) is 19.7 Å². The summed E-state index contributed by atoms with van der Waals surface area (Å²) in [6.45, 7) is 0. The minimum absolute atomic E-state index is 0.0105. The van der Waals surface area contributed by atoms with E-state index >= 15 is 0 Å². The lowest BCUT2D eigenvalue weighted by Gasteiger charge is -2.09. The van der Waals surface area contributed by atoms with Crippen LogP contribution in [0.15, 0.2) is 42.5 Å². The zero-order chi connectivity index (χ0) is 18.0. The molecule has 0 radical (unpaired) electrons. The Balaban J connectivity index is 1.77. The zero-order valence-electron chi connectivity index (χ0n) is 13.0. The molecule has 2 aromatic carbocycles. The lowest BCUT2D eigenvalue weighted by Crippen LogP contribution is -2.25. The first-order chi connectivity index (χ1) is 11.9. The lowest BCUT2D eigenvalue weighted by molar-refractivity contribution is -0.384. The van der Waals surface area contributed by atoms with E-state index in [0.717, 1.165) is 18.9 Å². The molecule has 2 amide bonds. The lowest BCUT2D eigenvalue weighted by atomic mass is 10.1. The topological polar surface area (TPSA) is 101 Å². The number of hydrogen-bond acceptors (Lipinski definition) is 4. The second-order valence-electron chi connectivity index (χ2n) is 5.70. The van der Waals surface area contributed by atoms with Crippen LogP contribution in [0.2, 0.25) is 5.02 Å². The van der Waals surface area contributed by atoms with Gasteiger partial charge in [0, 0.05) is 29.4 Å². The fourth-order valence-electron chi connectivity index (χ4n) is 2.23. The Morgan fingerprint density at radius 2 is 1.88 bits per heavy atom. The average Bonchev–Trinajstić information content (AvgIpc) is 3.39. The number of nitrogens with zero attached hydrogens (tertiary/aromatic N) is 1. The number of rotatable bonds is 5. The van der Waals surface area contributed by atoms with Crippen molar-refractivity contribution in [2.45, 2.75) is 18.9 Å². The summed E-state index contributed by atoms with van der Waals surface area (Å²) in [5.41, 5.74) is 0.585. The molecule has 2 aromatic rings. The van der Waals surface area contributed by atoms with Crippen LogP contribution in [0.5, 0.6) is 0 Å². The largest absolute Gasteiger partial charge is 0.349 e. The second kappa shape index (κ2) is 6.90. The molecule has 0 saturated heterocycles. The van der Waals surface area contributed by atoms with Gasteiger partial charge in [-0.15, -0.1) is 0 Å². The van der Waals surface area contributed by atoms with E-state index in [9.17, 15) is 19.7 Å². The first-order valence-electron chi connectivity index (χ1n) is 7.60. The molecule has 128 valence electrons. The molecule has 2 N–H and O–H groups in total. The Kier molecular flexibility index (Phi) is 4.67. The van der Waals surface area contributed by atoms with Crippen LogP contribution in [0.25, 0.3) is 0 Å². The van der Waals surface area contributed by atoms with Crippen LogP contribution in [0.1, 0.15) is 33.6 Å². The van der Waals surface area contributed by atoms with Gasteiger partial charge in [0.25, 0.3) is 17.5 Å². The van der Waals surface area contributed by atoms with E-state index in [1.165, 1.54) is 12.1 Å². The van der Waals surface area contributed by atoms with E-state index in [1.807, 2.05) is 0 Å². The third-order valence-corrected chi connectivity index (χ3v) is 4.03. The van der Waals surface area contributed by atoms with Crippen molar-refractivity contribution in [2.24, 2.45) is 0 Å². The monoisotopic (exact) mass is 359 g/mol. The summed E-state index contributed by atoms with van der Waals surface area (Å²) in [7, 11) is 0. The van der Waals surface area contributed by atoms with E-state index in [-0.39, 0.29) is 28.2 Å². The van der Waals surface area contributed by atoms with Gasteiger partial charge >= 0.3 is 0 Å². The van der Waals surface area contributed by atoms with Crippen molar-refractivity contribution in [2.75, 3.05) is 5.32 Å². The van der Waals surface area contributed by atoms with Crippen LogP contribution in [-0.2, 0) is 0 Å². The minimum atomic E-state index is -0.601. The number of carbonyl (C=O) groups is 2. The third kappa shape index (κ3) is 4.13. The molecule has 0 aromatic heterocycles. The number of non-ortho nitro benzene ring substituents is 1. The molecule has 7 nitrogen and oxygen atoms in total. The molecule has 0 bridgehead atoms. The van der Waals surface area contributed by atoms with Crippen molar-refractivity contribution in [1.82, 2.24) is 5.32 Å². The van der Waals surface area contributed by atoms with Crippen LogP contribution >= 0.6 is 11.6 Å². The Morgan fingerprint density at radius 3 is 2.56 bits per heavy atom. The van der Waals surface area contributed by atoms with Crippen molar-refractivity contribution in [3.8, 4) is 0 Å². The van der Waals surface area contributed by atoms with Crippen molar-refractivity contribution in [3.63, 3.8) is 0 Å². The molecule has 1 aliphatic rings. The predicted octanol–water partition coefficient (Wildman–Crippen LogP) is 3.39. The van der Waals surface area contributed by atoms with Crippen molar-refractivity contribution in [3.05, 3.63) is 68.7 Å². The van der Waals surface area contributed by atoms with Gasteiger partial charge in [0.2, 0.25) is 0 Å². The maximum Gasteiger partial charge on any atom is 0.270 e. The van der Waals surface area contributed by atoms with Gasteiger partial charge in [-0.2, -0.15) is 0 Å². The van der Waals surface area contributed by atoms with Gasteiger partial charge in [-0.1, -0.05) is 17.7 Å². The quantitative estimate of drug-likeness (QED) is 0.631. The summed E-state index contributed by atoms with van der Waals surface area (Å²) < 4.78 is 0. The average molecular weight is 360 g/mol. The van der Waals surface area contributed by atoms with Gasteiger partial charge in [0.05, 0.1) is 15.5 Å². The van der Waals surface area contributed by atoms with E-state index in [1.54, 1.807) is 24.3 Å². The summed E-state index contributed by atoms with van der Waals surface area (Å²) in [5, 5.41) is 16.4. The molecule has 1 fully saturated rings. The molecule has 0 spiro atoms. The van der Waals surface area contributed by atoms with Gasteiger partial charge in [0.1, 0.15) is 0 Å². The van der Waals surface area contributed by atoms with Crippen LogP contribution in [0, 0.1) is 10.1 Å². The number of halogens is 1. The summed E-state index contributed by atoms with van der Waals surface area (Å²) in [6.07, 6.45) is 1.96. The molecule has 0 unspecified atom stereocenters.